The lowest BCUT2D eigenvalue weighted by Crippen LogP contribution is -2.13. The summed E-state index contributed by atoms with van der Waals surface area (Å²) in [6.07, 6.45) is -5.07. The second kappa shape index (κ2) is 4.23. The summed E-state index contributed by atoms with van der Waals surface area (Å²) in [4.78, 5) is 0. The van der Waals surface area contributed by atoms with E-state index in [4.69, 9.17) is 0 Å². The van der Waals surface area contributed by atoms with E-state index >= 15 is 0 Å². The van der Waals surface area contributed by atoms with Gasteiger partial charge in [0.05, 0.1) is 0 Å². The SMILES string of the molecule is C=C(C)Cc1ccc(F)c(C(F)(F)F)c1F. The first kappa shape index (κ1) is 12.7. The van der Waals surface area contributed by atoms with Crippen molar-refractivity contribution in [2.45, 2.75) is 19.5 Å². The molecular formula is C11H9F5. The summed E-state index contributed by atoms with van der Waals surface area (Å²) in [5, 5.41) is 0. The van der Waals surface area contributed by atoms with E-state index in [0.717, 1.165) is 6.07 Å². The Kier molecular flexibility index (Phi) is 3.35. The molecule has 1 aromatic carbocycles. The Labute approximate surface area is 89.4 Å². The summed E-state index contributed by atoms with van der Waals surface area (Å²) >= 11 is 0. The predicted octanol–water partition coefficient (Wildman–Crippen LogP) is 4.10. The smallest absolute Gasteiger partial charge is 0.206 e. The Bertz CT molecular complexity index is 417. The van der Waals surface area contributed by atoms with Crippen LogP contribution in [-0.4, -0.2) is 0 Å². The topological polar surface area (TPSA) is 0 Å². The molecule has 0 atom stereocenters. The third-order valence-corrected chi connectivity index (χ3v) is 1.95. The standard InChI is InChI=1S/C11H9F5/c1-6(2)5-7-3-4-8(12)9(10(7)13)11(14,15)16/h3-4H,1,5H2,2H3. The normalized spacial score (nSPS) is 11.6. The first-order chi connectivity index (χ1) is 7.23. The van der Waals surface area contributed by atoms with Gasteiger partial charge in [-0.15, -0.1) is 0 Å². The Morgan fingerprint density at radius 2 is 1.81 bits per heavy atom. The maximum Gasteiger partial charge on any atom is 0.422 e. The van der Waals surface area contributed by atoms with Crippen LogP contribution in [0.4, 0.5) is 22.0 Å². The lowest BCUT2D eigenvalue weighted by atomic mass is 10.0. The minimum Gasteiger partial charge on any atom is -0.206 e. The second-order valence-corrected chi connectivity index (χ2v) is 3.53. The fraction of sp³-hybridized carbons (Fsp3) is 0.273. The molecule has 0 aliphatic heterocycles. The van der Waals surface area contributed by atoms with E-state index in [-0.39, 0.29) is 12.0 Å². The molecule has 0 aliphatic rings. The highest BCUT2D eigenvalue weighted by Crippen LogP contribution is 2.34. The molecule has 0 spiro atoms. The van der Waals surface area contributed by atoms with Gasteiger partial charge in [-0.25, -0.2) is 8.78 Å². The van der Waals surface area contributed by atoms with Gasteiger partial charge in [-0.1, -0.05) is 18.2 Å². The van der Waals surface area contributed by atoms with Crippen molar-refractivity contribution >= 4 is 0 Å². The summed E-state index contributed by atoms with van der Waals surface area (Å²) in [6, 6.07) is 1.61. The summed E-state index contributed by atoms with van der Waals surface area (Å²) in [6.45, 7) is 5.02. The van der Waals surface area contributed by atoms with Crippen molar-refractivity contribution < 1.29 is 22.0 Å². The molecule has 0 aliphatic carbocycles. The summed E-state index contributed by atoms with van der Waals surface area (Å²) < 4.78 is 63.2. The molecule has 1 aromatic rings. The van der Waals surface area contributed by atoms with Gasteiger partial charge in [-0.3, -0.25) is 0 Å². The van der Waals surface area contributed by atoms with Crippen molar-refractivity contribution in [1.29, 1.82) is 0 Å². The van der Waals surface area contributed by atoms with Crippen molar-refractivity contribution in [2.24, 2.45) is 0 Å². The minimum absolute atomic E-state index is 0.0464. The fourth-order valence-electron chi connectivity index (χ4n) is 1.32. The number of allylic oxidation sites excluding steroid dienone is 1. The monoisotopic (exact) mass is 236 g/mol. The van der Waals surface area contributed by atoms with Gasteiger partial charge in [0.25, 0.3) is 0 Å². The van der Waals surface area contributed by atoms with Gasteiger partial charge < -0.3 is 0 Å². The Morgan fingerprint density at radius 1 is 1.25 bits per heavy atom. The van der Waals surface area contributed by atoms with Crippen LogP contribution in [0.1, 0.15) is 18.1 Å². The quantitative estimate of drug-likeness (QED) is 0.535. The van der Waals surface area contributed by atoms with Crippen LogP contribution in [0.3, 0.4) is 0 Å². The molecule has 1 rings (SSSR count). The van der Waals surface area contributed by atoms with E-state index in [2.05, 4.69) is 6.58 Å². The highest BCUT2D eigenvalue weighted by molar-refractivity contribution is 5.31. The molecule has 0 saturated heterocycles. The molecule has 5 heteroatoms. The van der Waals surface area contributed by atoms with E-state index in [1.807, 2.05) is 0 Å². The second-order valence-electron chi connectivity index (χ2n) is 3.53. The Morgan fingerprint density at radius 3 is 2.25 bits per heavy atom. The van der Waals surface area contributed by atoms with Crippen LogP contribution in [0.5, 0.6) is 0 Å². The van der Waals surface area contributed by atoms with E-state index in [1.54, 1.807) is 6.92 Å². The zero-order valence-electron chi connectivity index (χ0n) is 8.46. The number of alkyl halides is 3. The van der Waals surface area contributed by atoms with Crippen LogP contribution in [0.2, 0.25) is 0 Å². The summed E-state index contributed by atoms with van der Waals surface area (Å²) in [7, 11) is 0. The first-order valence-electron chi connectivity index (χ1n) is 4.42. The van der Waals surface area contributed by atoms with E-state index in [1.165, 1.54) is 0 Å². The van der Waals surface area contributed by atoms with Crippen LogP contribution >= 0.6 is 0 Å². The number of benzene rings is 1. The molecule has 0 radical (unpaired) electrons. The highest BCUT2D eigenvalue weighted by Gasteiger charge is 2.38. The van der Waals surface area contributed by atoms with Crippen LogP contribution < -0.4 is 0 Å². The van der Waals surface area contributed by atoms with Gasteiger partial charge in [0.2, 0.25) is 0 Å². The van der Waals surface area contributed by atoms with Crippen molar-refractivity contribution in [3.63, 3.8) is 0 Å². The average molecular weight is 236 g/mol. The molecule has 0 N–H and O–H groups in total. The van der Waals surface area contributed by atoms with Crippen molar-refractivity contribution in [3.05, 3.63) is 47.0 Å². The van der Waals surface area contributed by atoms with E-state index < -0.39 is 23.4 Å². The highest BCUT2D eigenvalue weighted by atomic mass is 19.4. The zero-order valence-corrected chi connectivity index (χ0v) is 8.46. The number of hydrogen-bond donors (Lipinski definition) is 0. The van der Waals surface area contributed by atoms with Gasteiger partial charge in [-0.05, 0) is 25.0 Å². The van der Waals surface area contributed by atoms with E-state index in [9.17, 15) is 22.0 Å². The van der Waals surface area contributed by atoms with Gasteiger partial charge >= 0.3 is 6.18 Å². The lowest BCUT2D eigenvalue weighted by Gasteiger charge is -2.12. The van der Waals surface area contributed by atoms with Gasteiger partial charge in [0.1, 0.15) is 17.2 Å². The number of halogens is 5. The molecular weight excluding hydrogens is 227 g/mol. The van der Waals surface area contributed by atoms with E-state index in [0.29, 0.717) is 11.6 Å². The van der Waals surface area contributed by atoms with Gasteiger partial charge in [-0.2, -0.15) is 13.2 Å². The molecule has 88 valence electrons. The zero-order chi connectivity index (χ0) is 12.5. The largest absolute Gasteiger partial charge is 0.422 e. The minimum atomic E-state index is -5.03. The molecule has 16 heavy (non-hydrogen) atoms. The maximum atomic E-state index is 13.4. The molecule has 0 aromatic heterocycles. The third-order valence-electron chi connectivity index (χ3n) is 1.95. The molecule has 0 heterocycles. The van der Waals surface area contributed by atoms with Gasteiger partial charge in [0.15, 0.2) is 0 Å². The number of hydrogen-bond acceptors (Lipinski definition) is 0. The molecule has 0 amide bonds. The third kappa shape index (κ3) is 2.59. The van der Waals surface area contributed by atoms with Crippen LogP contribution in [-0.2, 0) is 12.6 Å². The summed E-state index contributed by atoms with van der Waals surface area (Å²) in [5.41, 5.74) is -1.55. The molecule has 0 fully saturated rings. The van der Waals surface area contributed by atoms with Crippen molar-refractivity contribution in [2.75, 3.05) is 0 Å². The van der Waals surface area contributed by atoms with Crippen molar-refractivity contribution in [3.8, 4) is 0 Å². The van der Waals surface area contributed by atoms with Crippen LogP contribution in [0.15, 0.2) is 24.3 Å². The van der Waals surface area contributed by atoms with Crippen LogP contribution in [0.25, 0.3) is 0 Å². The fourth-order valence-corrected chi connectivity index (χ4v) is 1.32. The Balaban J connectivity index is 3.33. The average Bonchev–Trinajstić information content (AvgIpc) is 2.07. The molecule has 0 bridgehead atoms. The molecule has 0 unspecified atom stereocenters. The Hall–Kier alpha value is -1.39. The predicted molar refractivity (Wildman–Crippen MR) is 49.9 cm³/mol. The molecule has 0 nitrogen and oxygen atoms in total. The van der Waals surface area contributed by atoms with Gasteiger partial charge in [0, 0.05) is 0 Å². The summed E-state index contributed by atoms with van der Waals surface area (Å²) in [5.74, 6) is -3.16. The lowest BCUT2D eigenvalue weighted by molar-refractivity contribution is -0.142. The number of rotatable bonds is 2. The maximum absolute atomic E-state index is 13.4. The van der Waals surface area contributed by atoms with Crippen molar-refractivity contribution in [1.82, 2.24) is 0 Å². The first-order valence-corrected chi connectivity index (χ1v) is 4.42. The van der Waals surface area contributed by atoms with Crippen LogP contribution in [0, 0.1) is 11.6 Å². The molecule has 0 saturated carbocycles.